The Labute approximate surface area is 89.9 Å². The van der Waals surface area contributed by atoms with Crippen LogP contribution in [0.1, 0.15) is 20.8 Å². The van der Waals surface area contributed by atoms with Gasteiger partial charge >= 0.3 is 6.09 Å². The van der Waals surface area contributed by atoms with E-state index in [1.54, 1.807) is 0 Å². The van der Waals surface area contributed by atoms with E-state index in [0.29, 0.717) is 6.54 Å². The van der Waals surface area contributed by atoms with E-state index >= 15 is 0 Å². The minimum atomic E-state index is -0.684. The number of carbonyl (C=O) groups excluding carboxylic acids is 1. The van der Waals surface area contributed by atoms with Gasteiger partial charge in [-0.3, -0.25) is 0 Å². The van der Waals surface area contributed by atoms with Gasteiger partial charge < -0.3 is 15.8 Å². The third-order valence-electron chi connectivity index (χ3n) is 3.21. The van der Waals surface area contributed by atoms with E-state index in [-0.39, 0.29) is 16.9 Å². The van der Waals surface area contributed by atoms with Gasteiger partial charge in [-0.15, -0.1) is 0 Å². The summed E-state index contributed by atoms with van der Waals surface area (Å²) in [6.45, 7) is 8.07. The zero-order valence-corrected chi connectivity index (χ0v) is 9.46. The van der Waals surface area contributed by atoms with E-state index < -0.39 is 6.09 Å². The molecule has 0 radical (unpaired) electrons. The van der Waals surface area contributed by atoms with Crippen molar-refractivity contribution in [3.63, 3.8) is 0 Å². The summed E-state index contributed by atoms with van der Waals surface area (Å²) in [6.07, 6.45) is 1.40. The molecule has 1 unspecified atom stereocenters. The summed E-state index contributed by atoms with van der Waals surface area (Å²) < 4.78 is 5.14. The van der Waals surface area contributed by atoms with Gasteiger partial charge in [0.25, 0.3) is 0 Å². The summed E-state index contributed by atoms with van der Waals surface area (Å²) in [5.41, 5.74) is 6.53. The van der Waals surface area contributed by atoms with Crippen LogP contribution in [0.2, 0.25) is 0 Å². The van der Waals surface area contributed by atoms with Crippen molar-refractivity contribution in [2.45, 2.75) is 26.9 Å². The molecule has 4 nitrogen and oxygen atoms in total. The van der Waals surface area contributed by atoms with Gasteiger partial charge in [0.15, 0.2) is 0 Å². The van der Waals surface area contributed by atoms with E-state index in [9.17, 15) is 4.79 Å². The van der Waals surface area contributed by atoms with Crippen molar-refractivity contribution >= 4 is 6.09 Å². The molecule has 3 N–H and O–H groups in total. The van der Waals surface area contributed by atoms with Crippen molar-refractivity contribution in [2.75, 3.05) is 13.1 Å². The zero-order chi connectivity index (χ0) is 11.3. The molecule has 0 saturated carbocycles. The Bertz CT molecular complexity index is 330. The fourth-order valence-electron chi connectivity index (χ4n) is 2.54. The molecule has 0 aromatic carbocycles. The van der Waals surface area contributed by atoms with Crippen LogP contribution in [0.4, 0.5) is 4.79 Å². The van der Waals surface area contributed by atoms with E-state index in [1.807, 2.05) is 0 Å². The van der Waals surface area contributed by atoms with Gasteiger partial charge in [-0.05, 0) is 5.41 Å². The molecule has 1 saturated heterocycles. The highest BCUT2D eigenvalue weighted by Gasteiger charge is 2.58. The lowest BCUT2D eigenvalue weighted by molar-refractivity contribution is 0.0870. The van der Waals surface area contributed by atoms with E-state index in [4.69, 9.17) is 10.5 Å². The number of rotatable bonds is 1. The second-order valence-corrected chi connectivity index (χ2v) is 5.40. The lowest BCUT2D eigenvalue weighted by atomic mass is 9.82. The number of hydrogen-bond acceptors (Lipinski definition) is 3. The number of nitrogens with two attached hydrogens (primary N) is 1. The molecule has 0 bridgehead atoms. The topological polar surface area (TPSA) is 64.3 Å². The highest BCUT2D eigenvalue weighted by Crippen LogP contribution is 2.57. The molecule has 2 rings (SSSR count). The minimum Gasteiger partial charge on any atom is -0.444 e. The quantitative estimate of drug-likeness (QED) is 0.635. The predicted octanol–water partition coefficient (Wildman–Crippen LogP) is 1.03. The first-order chi connectivity index (χ1) is 6.86. The maximum atomic E-state index is 10.8. The van der Waals surface area contributed by atoms with Gasteiger partial charge in [0, 0.05) is 13.1 Å². The van der Waals surface area contributed by atoms with Crippen LogP contribution >= 0.6 is 0 Å². The average molecular weight is 210 g/mol. The average Bonchev–Trinajstić information content (AvgIpc) is 2.65. The molecule has 1 spiro atoms. The van der Waals surface area contributed by atoms with E-state index in [1.165, 1.54) is 5.57 Å². The maximum absolute atomic E-state index is 10.8. The van der Waals surface area contributed by atoms with E-state index in [0.717, 1.165) is 6.54 Å². The van der Waals surface area contributed by atoms with Gasteiger partial charge in [-0.1, -0.05) is 32.4 Å². The van der Waals surface area contributed by atoms with Crippen LogP contribution in [0.15, 0.2) is 11.6 Å². The third kappa shape index (κ3) is 1.63. The Morgan fingerprint density at radius 1 is 1.67 bits per heavy atom. The largest absolute Gasteiger partial charge is 0.444 e. The monoisotopic (exact) mass is 210 g/mol. The van der Waals surface area contributed by atoms with Gasteiger partial charge in [-0.25, -0.2) is 4.79 Å². The first-order valence-corrected chi connectivity index (χ1v) is 5.27. The summed E-state index contributed by atoms with van der Waals surface area (Å²) in [5.74, 6) is 0. The van der Waals surface area contributed by atoms with Gasteiger partial charge in [-0.2, -0.15) is 0 Å². The van der Waals surface area contributed by atoms with Gasteiger partial charge in [0.1, 0.15) is 6.10 Å². The van der Waals surface area contributed by atoms with Crippen molar-refractivity contribution in [3.05, 3.63) is 11.6 Å². The summed E-state index contributed by atoms with van der Waals surface area (Å²) in [5, 5.41) is 3.25. The first kappa shape index (κ1) is 10.5. The first-order valence-electron chi connectivity index (χ1n) is 5.27. The Morgan fingerprint density at radius 2 is 2.33 bits per heavy atom. The van der Waals surface area contributed by atoms with Crippen LogP contribution in [-0.4, -0.2) is 25.3 Å². The SMILES string of the molecule is CC(C)(C)C1=C[C@]12CNCC2OC(N)=O. The molecule has 0 aromatic heterocycles. The second-order valence-electron chi connectivity index (χ2n) is 5.40. The molecule has 15 heavy (non-hydrogen) atoms. The standard InChI is InChI=1S/C11H18N2O2/c1-10(2,3)7-4-11(7)6-13-5-8(11)15-9(12)14/h4,8,13H,5-6H2,1-3H3,(H2,12,14)/t8?,11-/m0/s1. The van der Waals surface area contributed by atoms with Crippen molar-refractivity contribution in [1.29, 1.82) is 0 Å². The highest BCUT2D eigenvalue weighted by molar-refractivity contribution is 5.65. The highest BCUT2D eigenvalue weighted by atomic mass is 16.6. The number of nitrogens with one attached hydrogen (secondary N) is 1. The molecular weight excluding hydrogens is 192 g/mol. The lowest BCUT2D eigenvalue weighted by Crippen LogP contribution is -2.33. The summed E-state index contributed by atoms with van der Waals surface area (Å²) in [7, 11) is 0. The van der Waals surface area contributed by atoms with Crippen LogP contribution in [0.5, 0.6) is 0 Å². The normalized spacial score (nSPS) is 34.1. The van der Waals surface area contributed by atoms with Crippen molar-refractivity contribution in [1.82, 2.24) is 5.32 Å². The number of amides is 1. The molecule has 1 heterocycles. The fourth-order valence-corrected chi connectivity index (χ4v) is 2.54. The molecule has 0 aromatic rings. The molecule has 2 aliphatic rings. The number of hydrogen-bond donors (Lipinski definition) is 2. The maximum Gasteiger partial charge on any atom is 0.404 e. The minimum absolute atomic E-state index is 0.0483. The zero-order valence-electron chi connectivity index (χ0n) is 9.46. The lowest BCUT2D eigenvalue weighted by Gasteiger charge is -2.25. The molecule has 4 heteroatoms. The van der Waals surface area contributed by atoms with Crippen LogP contribution in [0, 0.1) is 10.8 Å². The van der Waals surface area contributed by atoms with Crippen LogP contribution in [-0.2, 0) is 4.74 Å². The van der Waals surface area contributed by atoms with Crippen molar-refractivity contribution < 1.29 is 9.53 Å². The Hall–Kier alpha value is -1.03. The van der Waals surface area contributed by atoms with Crippen LogP contribution in [0.3, 0.4) is 0 Å². The Kier molecular flexibility index (Phi) is 2.08. The second kappa shape index (κ2) is 2.98. The molecule has 1 aliphatic carbocycles. The summed E-state index contributed by atoms with van der Waals surface area (Å²) >= 11 is 0. The fraction of sp³-hybridized carbons (Fsp3) is 0.727. The third-order valence-corrected chi connectivity index (χ3v) is 3.21. The molecule has 1 amide bonds. The summed E-state index contributed by atoms with van der Waals surface area (Å²) in [4.78, 5) is 10.8. The number of primary amides is 1. The smallest absolute Gasteiger partial charge is 0.404 e. The van der Waals surface area contributed by atoms with Gasteiger partial charge in [0.05, 0.1) is 5.41 Å². The van der Waals surface area contributed by atoms with Crippen LogP contribution in [0.25, 0.3) is 0 Å². The predicted molar refractivity (Wildman–Crippen MR) is 57.3 cm³/mol. The van der Waals surface area contributed by atoms with E-state index in [2.05, 4.69) is 32.2 Å². The molecule has 2 atom stereocenters. The Balaban J connectivity index is 2.09. The molecule has 1 fully saturated rings. The molecular formula is C11H18N2O2. The molecule has 1 aliphatic heterocycles. The molecule has 84 valence electrons. The van der Waals surface area contributed by atoms with Crippen molar-refractivity contribution in [2.24, 2.45) is 16.6 Å². The number of ether oxygens (including phenoxy) is 1. The number of carbonyl (C=O) groups is 1. The van der Waals surface area contributed by atoms with Gasteiger partial charge in [0.2, 0.25) is 0 Å². The van der Waals surface area contributed by atoms with Crippen LogP contribution < -0.4 is 11.1 Å². The summed E-state index contributed by atoms with van der Waals surface area (Å²) in [6, 6.07) is 0. The Morgan fingerprint density at radius 3 is 2.80 bits per heavy atom. The van der Waals surface area contributed by atoms with Crippen molar-refractivity contribution in [3.8, 4) is 0 Å².